The second-order valence-corrected chi connectivity index (χ2v) is 5.99. The molecule has 1 N–H and O–H groups in total. The summed E-state index contributed by atoms with van der Waals surface area (Å²) in [5.41, 5.74) is 1.35. The smallest absolute Gasteiger partial charge is 0.0346 e. The third kappa shape index (κ3) is 4.26. The number of aromatic nitrogens is 1. The predicted octanol–water partition coefficient (Wildman–Crippen LogP) is 3.20. The molecule has 0 radical (unpaired) electrons. The molecule has 1 fully saturated rings. The monoisotopic (exact) mass is 283 g/mol. The Morgan fingerprint density at radius 2 is 1.95 bits per heavy atom. The van der Waals surface area contributed by atoms with Crippen LogP contribution >= 0.6 is 0 Å². The molecule has 2 heterocycles. The van der Waals surface area contributed by atoms with Gasteiger partial charge in [0.05, 0.1) is 0 Å². The minimum Gasteiger partial charge on any atom is -0.313 e. The summed E-state index contributed by atoms with van der Waals surface area (Å²) in [5.74, 6) is 0. The van der Waals surface area contributed by atoms with Crippen molar-refractivity contribution in [1.82, 2.24) is 15.2 Å². The average molecular weight is 283 g/mol. The molecule has 0 saturated carbocycles. The van der Waals surface area contributed by atoms with Crippen LogP contribution in [0.25, 0.3) is 10.8 Å². The van der Waals surface area contributed by atoms with Gasteiger partial charge in [0, 0.05) is 24.3 Å². The third-order valence-electron chi connectivity index (χ3n) is 4.31. The van der Waals surface area contributed by atoms with Crippen LogP contribution < -0.4 is 5.32 Å². The zero-order valence-electron chi connectivity index (χ0n) is 12.7. The van der Waals surface area contributed by atoms with E-state index in [0.29, 0.717) is 0 Å². The quantitative estimate of drug-likeness (QED) is 0.825. The van der Waals surface area contributed by atoms with Gasteiger partial charge in [-0.05, 0) is 68.5 Å². The zero-order valence-corrected chi connectivity index (χ0v) is 12.7. The third-order valence-corrected chi connectivity index (χ3v) is 4.31. The SMILES string of the molecule is c1cc2cc(CNCCCN3CCCCC3)ccc2cn1. The van der Waals surface area contributed by atoms with Crippen molar-refractivity contribution in [2.45, 2.75) is 32.2 Å². The fraction of sp³-hybridized carbons (Fsp3) is 0.500. The molecule has 1 saturated heterocycles. The lowest BCUT2D eigenvalue weighted by atomic mass is 10.1. The van der Waals surface area contributed by atoms with Gasteiger partial charge in [-0.15, -0.1) is 0 Å². The van der Waals surface area contributed by atoms with Gasteiger partial charge in [-0.2, -0.15) is 0 Å². The second-order valence-electron chi connectivity index (χ2n) is 5.99. The highest BCUT2D eigenvalue weighted by molar-refractivity contribution is 5.81. The molecule has 1 aromatic heterocycles. The number of likely N-dealkylation sites (tertiary alicyclic amines) is 1. The largest absolute Gasteiger partial charge is 0.313 e. The van der Waals surface area contributed by atoms with Crippen molar-refractivity contribution >= 4 is 10.8 Å². The molecule has 0 unspecified atom stereocenters. The second kappa shape index (κ2) is 7.53. The summed E-state index contributed by atoms with van der Waals surface area (Å²) in [5, 5.41) is 6.05. The maximum Gasteiger partial charge on any atom is 0.0346 e. The highest BCUT2D eigenvalue weighted by atomic mass is 15.1. The summed E-state index contributed by atoms with van der Waals surface area (Å²) in [6.07, 6.45) is 9.23. The lowest BCUT2D eigenvalue weighted by Crippen LogP contribution is -2.32. The Kier molecular flexibility index (Phi) is 5.19. The predicted molar refractivity (Wildman–Crippen MR) is 88.4 cm³/mol. The average Bonchev–Trinajstić information content (AvgIpc) is 2.55. The molecule has 0 bridgehead atoms. The number of nitrogens with zero attached hydrogens (tertiary/aromatic N) is 2. The fourth-order valence-corrected chi connectivity index (χ4v) is 3.09. The van der Waals surface area contributed by atoms with Gasteiger partial charge in [0.25, 0.3) is 0 Å². The molecule has 3 nitrogen and oxygen atoms in total. The Hall–Kier alpha value is -1.45. The number of benzene rings is 1. The van der Waals surface area contributed by atoms with Crippen LogP contribution in [0.5, 0.6) is 0 Å². The van der Waals surface area contributed by atoms with E-state index in [2.05, 4.69) is 39.5 Å². The van der Waals surface area contributed by atoms with Crippen LogP contribution in [0.3, 0.4) is 0 Å². The van der Waals surface area contributed by atoms with E-state index in [9.17, 15) is 0 Å². The summed E-state index contributed by atoms with van der Waals surface area (Å²) in [7, 11) is 0. The number of fused-ring (bicyclic) bond motifs is 1. The molecular weight excluding hydrogens is 258 g/mol. The Bertz CT molecular complexity index is 561. The lowest BCUT2D eigenvalue weighted by molar-refractivity contribution is 0.225. The summed E-state index contributed by atoms with van der Waals surface area (Å²) >= 11 is 0. The van der Waals surface area contributed by atoms with Gasteiger partial charge in [0.1, 0.15) is 0 Å². The van der Waals surface area contributed by atoms with Crippen molar-refractivity contribution in [2.75, 3.05) is 26.2 Å². The number of hydrogen-bond acceptors (Lipinski definition) is 3. The number of piperidine rings is 1. The molecule has 3 heteroatoms. The van der Waals surface area contributed by atoms with Gasteiger partial charge < -0.3 is 10.2 Å². The first kappa shape index (κ1) is 14.5. The molecule has 0 aliphatic carbocycles. The van der Waals surface area contributed by atoms with Crippen LogP contribution in [0.4, 0.5) is 0 Å². The fourth-order valence-electron chi connectivity index (χ4n) is 3.09. The van der Waals surface area contributed by atoms with Crippen LogP contribution in [-0.4, -0.2) is 36.1 Å². The molecule has 3 rings (SSSR count). The van der Waals surface area contributed by atoms with Gasteiger partial charge in [-0.25, -0.2) is 0 Å². The molecule has 2 aromatic rings. The first-order chi connectivity index (χ1) is 10.4. The van der Waals surface area contributed by atoms with Gasteiger partial charge in [-0.3, -0.25) is 4.98 Å². The molecular formula is C18H25N3. The van der Waals surface area contributed by atoms with Crippen molar-refractivity contribution in [3.63, 3.8) is 0 Å². The molecule has 0 amide bonds. The van der Waals surface area contributed by atoms with E-state index in [-0.39, 0.29) is 0 Å². The Labute approximate surface area is 127 Å². The van der Waals surface area contributed by atoms with Crippen LogP contribution in [0.15, 0.2) is 36.7 Å². The van der Waals surface area contributed by atoms with E-state index in [1.807, 2.05) is 12.4 Å². The molecule has 1 aliphatic rings. The van der Waals surface area contributed by atoms with Crippen molar-refractivity contribution in [1.29, 1.82) is 0 Å². The lowest BCUT2D eigenvalue weighted by Gasteiger charge is -2.26. The van der Waals surface area contributed by atoms with E-state index in [1.54, 1.807) is 0 Å². The maximum absolute atomic E-state index is 4.15. The molecule has 112 valence electrons. The molecule has 0 atom stereocenters. The highest BCUT2D eigenvalue weighted by Gasteiger charge is 2.08. The van der Waals surface area contributed by atoms with E-state index in [4.69, 9.17) is 0 Å². The van der Waals surface area contributed by atoms with Crippen molar-refractivity contribution in [3.8, 4) is 0 Å². The van der Waals surface area contributed by atoms with Crippen LogP contribution in [0, 0.1) is 0 Å². The number of hydrogen-bond donors (Lipinski definition) is 1. The first-order valence-electron chi connectivity index (χ1n) is 8.17. The zero-order chi connectivity index (χ0) is 14.3. The van der Waals surface area contributed by atoms with E-state index < -0.39 is 0 Å². The van der Waals surface area contributed by atoms with Gasteiger partial charge in [-0.1, -0.05) is 18.6 Å². The minimum atomic E-state index is 0.957. The van der Waals surface area contributed by atoms with Gasteiger partial charge >= 0.3 is 0 Å². The van der Waals surface area contributed by atoms with Crippen molar-refractivity contribution in [2.24, 2.45) is 0 Å². The van der Waals surface area contributed by atoms with Gasteiger partial charge in [0.2, 0.25) is 0 Å². The minimum absolute atomic E-state index is 0.957. The van der Waals surface area contributed by atoms with Gasteiger partial charge in [0.15, 0.2) is 0 Å². The van der Waals surface area contributed by atoms with E-state index in [1.165, 1.54) is 61.7 Å². The van der Waals surface area contributed by atoms with E-state index in [0.717, 1.165) is 13.1 Å². The summed E-state index contributed by atoms with van der Waals surface area (Å²) in [6.45, 7) is 5.91. The normalized spacial score (nSPS) is 16.4. The maximum atomic E-state index is 4.15. The molecule has 21 heavy (non-hydrogen) atoms. The van der Waals surface area contributed by atoms with Crippen LogP contribution in [0.1, 0.15) is 31.2 Å². The standard InChI is InChI=1S/C18H25N3/c1-2-10-21(11-3-1)12-4-8-19-14-16-5-6-18-15-20-9-7-17(18)13-16/h5-7,9,13,15,19H,1-4,8,10-12,14H2. The topological polar surface area (TPSA) is 28.2 Å². The van der Waals surface area contributed by atoms with Crippen molar-refractivity contribution in [3.05, 3.63) is 42.2 Å². The van der Waals surface area contributed by atoms with Crippen LogP contribution in [-0.2, 0) is 6.54 Å². The summed E-state index contributed by atoms with van der Waals surface area (Å²) in [6, 6.07) is 8.69. The van der Waals surface area contributed by atoms with Crippen LogP contribution in [0.2, 0.25) is 0 Å². The first-order valence-corrected chi connectivity index (χ1v) is 8.17. The number of pyridine rings is 1. The Morgan fingerprint density at radius 3 is 2.86 bits per heavy atom. The number of rotatable bonds is 6. The Morgan fingerprint density at radius 1 is 1.05 bits per heavy atom. The Balaban J connectivity index is 1.39. The molecule has 1 aliphatic heterocycles. The molecule has 0 spiro atoms. The highest BCUT2D eigenvalue weighted by Crippen LogP contribution is 2.14. The van der Waals surface area contributed by atoms with Crippen molar-refractivity contribution < 1.29 is 0 Å². The number of nitrogens with one attached hydrogen (secondary N) is 1. The summed E-state index contributed by atoms with van der Waals surface area (Å²) in [4.78, 5) is 6.76. The van der Waals surface area contributed by atoms with E-state index >= 15 is 0 Å². The summed E-state index contributed by atoms with van der Waals surface area (Å²) < 4.78 is 0. The molecule has 1 aromatic carbocycles.